The number of rotatable bonds is 8. The molecule has 0 fully saturated rings. The Morgan fingerprint density at radius 1 is 0.926 bits per heavy atom. The Labute approximate surface area is 158 Å². The molecule has 0 bridgehead atoms. The Morgan fingerprint density at radius 3 is 2.19 bits per heavy atom. The van der Waals surface area contributed by atoms with Crippen LogP contribution in [0.1, 0.15) is 12.5 Å². The van der Waals surface area contributed by atoms with E-state index in [1.165, 1.54) is 46.5 Å². The van der Waals surface area contributed by atoms with Crippen molar-refractivity contribution in [3.8, 4) is 17.2 Å². The summed E-state index contributed by atoms with van der Waals surface area (Å²) in [5.74, 6) is 1.03. The van der Waals surface area contributed by atoms with E-state index in [4.69, 9.17) is 14.2 Å². The molecule has 2 N–H and O–H groups in total. The van der Waals surface area contributed by atoms with Gasteiger partial charge >= 0.3 is 0 Å². The fraction of sp³-hybridized carbons (Fsp3) is 0.278. The summed E-state index contributed by atoms with van der Waals surface area (Å²) in [6.07, 6.45) is 0. The molecule has 2 rings (SSSR count). The summed E-state index contributed by atoms with van der Waals surface area (Å²) in [6, 6.07) is 9.36. The summed E-state index contributed by atoms with van der Waals surface area (Å²) in [4.78, 5) is 11.2. The normalized spacial score (nSPS) is 11.0. The Morgan fingerprint density at radius 2 is 1.59 bits per heavy atom. The van der Waals surface area contributed by atoms with Crippen LogP contribution in [0.4, 0.5) is 5.69 Å². The number of nitrogens with one attached hydrogen (secondary N) is 2. The number of amides is 1. The molecule has 0 spiro atoms. The minimum Gasteiger partial charge on any atom is -0.495 e. The molecule has 0 atom stereocenters. The third-order valence-corrected chi connectivity index (χ3v) is 5.11. The molecule has 146 valence electrons. The molecule has 2 aromatic rings. The summed E-state index contributed by atoms with van der Waals surface area (Å²) < 4.78 is 43.2. The van der Waals surface area contributed by atoms with Gasteiger partial charge in [-0.3, -0.25) is 4.79 Å². The number of ether oxygens (including phenoxy) is 3. The Bertz CT molecular complexity index is 927. The number of sulfonamides is 1. The molecule has 0 aliphatic heterocycles. The lowest BCUT2D eigenvalue weighted by Crippen LogP contribution is -2.23. The van der Waals surface area contributed by atoms with Crippen molar-refractivity contribution in [2.75, 3.05) is 26.6 Å². The van der Waals surface area contributed by atoms with Crippen LogP contribution >= 0.6 is 0 Å². The molecule has 1 amide bonds. The van der Waals surface area contributed by atoms with Gasteiger partial charge in [-0.05, 0) is 29.8 Å². The zero-order valence-electron chi connectivity index (χ0n) is 15.5. The first-order valence-corrected chi connectivity index (χ1v) is 9.45. The highest BCUT2D eigenvalue weighted by Gasteiger charge is 2.17. The van der Waals surface area contributed by atoms with Crippen LogP contribution in [0.2, 0.25) is 0 Å². The summed E-state index contributed by atoms with van der Waals surface area (Å²) >= 11 is 0. The molecule has 0 saturated heterocycles. The quantitative estimate of drug-likeness (QED) is 0.711. The van der Waals surface area contributed by atoms with Crippen LogP contribution in [0, 0.1) is 0 Å². The predicted molar refractivity (Wildman–Crippen MR) is 101 cm³/mol. The number of hydrogen-bond donors (Lipinski definition) is 2. The van der Waals surface area contributed by atoms with Crippen molar-refractivity contribution in [2.24, 2.45) is 0 Å². The van der Waals surface area contributed by atoms with E-state index in [0.717, 1.165) is 0 Å². The molecule has 0 aliphatic carbocycles. The summed E-state index contributed by atoms with van der Waals surface area (Å²) in [6.45, 7) is 1.42. The maximum Gasteiger partial charge on any atom is 0.241 e. The molecule has 0 unspecified atom stereocenters. The van der Waals surface area contributed by atoms with Gasteiger partial charge in [0, 0.05) is 19.5 Å². The Hall–Kier alpha value is -2.78. The highest BCUT2D eigenvalue weighted by molar-refractivity contribution is 7.89. The van der Waals surface area contributed by atoms with Crippen molar-refractivity contribution in [1.82, 2.24) is 4.72 Å². The molecule has 9 heteroatoms. The van der Waals surface area contributed by atoms with Crippen molar-refractivity contribution in [2.45, 2.75) is 18.4 Å². The van der Waals surface area contributed by atoms with E-state index in [2.05, 4.69) is 10.0 Å². The number of anilines is 1. The minimum absolute atomic E-state index is 0.0222. The molecule has 0 aliphatic rings. The number of methoxy groups -OCH3 is 3. The number of carbonyl (C=O) groups is 1. The van der Waals surface area contributed by atoms with Gasteiger partial charge in [-0.15, -0.1) is 0 Å². The SMILES string of the molecule is COc1cc(S(=O)(=O)NCc2ccc(OC)c(OC)c2)ccc1NC(C)=O. The smallest absolute Gasteiger partial charge is 0.241 e. The highest BCUT2D eigenvalue weighted by atomic mass is 32.2. The molecular weight excluding hydrogens is 372 g/mol. The number of carbonyl (C=O) groups excluding carboxylic acids is 1. The first-order valence-electron chi connectivity index (χ1n) is 7.97. The van der Waals surface area contributed by atoms with Crippen molar-refractivity contribution in [3.63, 3.8) is 0 Å². The summed E-state index contributed by atoms with van der Waals surface area (Å²) in [5.41, 5.74) is 1.10. The Kier molecular flexibility index (Phi) is 6.65. The zero-order chi connectivity index (χ0) is 20.0. The van der Waals surface area contributed by atoms with Crippen LogP contribution in [-0.2, 0) is 21.4 Å². The summed E-state index contributed by atoms with van der Waals surface area (Å²) in [7, 11) is 0.645. The molecule has 0 aromatic heterocycles. The van der Waals surface area contributed by atoms with E-state index >= 15 is 0 Å². The lowest BCUT2D eigenvalue weighted by Gasteiger charge is -2.13. The second kappa shape index (κ2) is 8.74. The maximum absolute atomic E-state index is 12.6. The van der Waals surface area contributed by atoms with E-state index in [1.807, 2.05) is 0 Å². The number of benzene rings is 2. The average molecular weight is 394 g/mol. The van der Waals surface area contributed by atoms with Crippen LogP contribution in [0.15, 0.2) is 41.3 Å². The number of hydrogen-bond acceptors (Lipinski definition) is 6. The van der Waals surface area contributed by atoms with E-state index in [0.29, 0.717) is 22.7 Å². The third kappa shape index (κ3) is 5.11. The predicted octanol–water partition coefficient (Wildman–Crippen LogP) is 2.15. The first-order chi connectivity index (χ1) is 12.8. The van der Waals surface area contributed by atoms with Crippen LogP contribution in [0.5, 0.6) is 17.2 Å². The topological polar surface area (TPSA) is 103 Å². The second-order valence-corrected chi connectivity index (χ2v) is 7.32. The van der Waals surface area contributed by atoms with Gasteiger partial charge in [0.1, 0.15) is 5.75 Å². The van der Waals surface area contributed by atoms with Gasteiger partial charge in [0.05, 0.1) is 31.9 Å². The van der Waals surface area contributed by atoms with Gasteiger partial charge in [-0.1, -0.05) is 6.07 Å². The van der Waals surface area contributed by atoms with Gasteiger partial charge in [0.2, 0.25) is 15.9 Å². The average Bonchev–Trinajstić information content (AvgIpc) is 2.65. The fourth-order valence-electron chi connectivity index (χ4n) is 2.38. The van der Waals surface area contributed by atoms with Crippen molar-refractivity contribution in [3.05, 3.63) is 42.0 Å². The van der Waals surface area contributed by atoms with Crippen LogP contribution in [0.25, 0.3) is 0 Å². The van der Waals surface area contributed by atoms with Gasteiger partial charge in [0.15, 0.2) is 11.5 Å². The van der Waals surface area contributed by atoms with Crippen molar-refractivity contribution < 1.29 is 27.4 Å². The van der Waals surface area contributed by atoms with Crippen molar-refractivity contribution in [1.29, 1.82) is 0 Å². The summed E-state index contributed by atoms with van der Waals surface area (Å²) in [5, 5.41) is 2.58. The van der Waals surface area contributed by atoms with Gasteiger partial charge in [-0.25, -0.2) is 13.1 Å². The van der Waals surface area contributed by atoms with E-state index < -0.39 is 10.0 Å². The maximum atomic E-state index is 12.6. The molecular formula is C18H22N2O6S. The first kappa shape index (κ1) is 20.5. The lowest BCUT2D eigenvalue weighted by molar-refractivity contribution is -0.114. The van der Waals surface area contributed by atoms with Gasteiger partial charge in [-0.2, -0.15) is 0 Å². The largest absolute Gasteiger partial charge is 0.495 e. The van der Waals surface area contributed by atoms with Crippen molar-refractivity contribution >= 4 is 21.6 Å². The Balaban J connectivity index is 2.20. The molecule has 0 radical (unpaired) electrons. The van der Waals surface area contributed by atoms with Crippen LogP contribution in [0.3, 0.4) is 0 Å². The molecule has 0 heterocycles. The molecule has 27 heavy (non-hydrogen) atoms. The molecule has 8 nitrogen and oxygen atoms in total. The van der Waals surface area contributed by atoms with E-state index in [9.17, 15) is 13.2 Å². The third-order valence-electron chi connectivity index (χ3n) is 3.71. The zero-order valence-corrected chi connectivity index (χ0v) is 16.3. The minimum atomic E-state index is -3.79. The van der Waals surface area contributed by atoms with Crippen LogP contribution < -0.4 is 24.2 Å². The lowest BCUT2D eigenvalue weighted by atomic mass is 10.2. The van der Waals surface area contributed by atoms with E-state index in [-0.39, 0.29) is 23.1 Å². The highest BCUT2D eigenvalue weighted by Crippen LogP contribution is 2.29. The molecule has 0 saturated carbocycles. The van der Waals surface area contributed by atoms with Crippen LogP contribution in [-0.4, -0.2) is 35.7 Å². The monoisotopic (exact) mass is 394 g/mol. The van der Waals surface area contributed by atoms with Gasteiger partial charge < -0.3 is 19.5 Å². The molecule has 2 aromatic carbocycles. The standard InChI is InChI=1S/C18H22N2O6S/c1-12(21)20-15-7-6-14(10-17(15)25-3)27(22,23)19-11-13-5-8-16(24-2)18(9-13)26-4/h5-10,19H,11H2,1-4H3,(H,20,21). The van der Waals surface area contributed by atoms with Gasteiger partial charge in [0.25, 0.3) is 0 Å². The second-order valence-electron chi connectivity index (χ2n) is 5.56. The fourth-order valence-corrected chi connectivity index (χ4v) is 3.42. The van der Waals surface area contributed by atoms with E-state index in [1.54, 1.807) is 18.2 Å².